The van der Waals surface area contributed by atoms with Crippen molar-refractivity contribution in [1.82, 2.24) is 23.6 Å². The lowest BCUT2D eigenvalue weighted by Crippen LogP contribution is -2.42. The summed E-state index contributed by atoms with van der Waals surface area (Å²) >= 11 is 0. The molecule has 1 aliphatic heterocycles. The molecule has 1 atom stereocenters. The van der Waals surface area contributed by atoms with E-state index in [9.17, 15) is 19.8 Å². The Morgan fingerprint density at radius 2 is 2.04 bits per heavy atom. The fourth-order valence-electron chi connectivity index (χ4n) is 3.46. The van der Waals surface area contributed by atoms with E-state index in [0.29, 0.717) is 18.7 Å². The second kappa shape index (κ2) is 8.05. The number of amidine groups is 1. The molecule has 2 aromatic heterocycles. The Hall–Kier alpha value is -2.46. The second-order valence-electron chi connectivity index (χ2n) is 6.85. The van der Waals surface area contributed by atoms with Crippen LogP contribution in [0.1, 0.15) is 19.3 Å². The molecular weight excluding hydrogens is 352 g/mol. The van der Waals surface area contributed by atoms with Crippen LogP contribution < -0.4 is 11.2 Å². The van der Waals surface area contributed by atoms with Gasteiger partial charge in [0.25, 0.3) is 5.56 Å². The summed E-state index contributed by atoms with van der Waals surface area (Å²) in [5.74, 6) is 0.906. The molecule has 2 aromatic rings. The lowest BCUT2D eigenvalue weighted by atomic mass is 10.1. The highest BCUT2D eigenvalue weighted by Gasteiger charge is 2.20. The number of rotatable bonds is 6. The van der Waals surface area contributed by atoms with Crippen molar-refractivity contribution in [3.05, 3.63) is 27.2 Å². The number of hydrogen-bond donors (Lipinski definition) is 2. The Balaban J connectivity index is 1.83. The summed E-state index contributed by atoms with van der Waals surface area (Å²) in [6.07, 6.45) is 3.61. The molecule has 0 bridgehead atoms. The highest BCUT2D eigenvalue weighted by Crippen LogP contribution is 2.12. The fraction of sp³-hybridized carbons (Fsp3) is 0.647. The van der Waals surface area contributed by atoms with Crippen LogP contribution in [0.15, 0.2) is 20.9 Å². The lowest BCUT2D eigenvalue weighted by molar-refractivity contribution is 0.117. The summed E-state index contributed by atoms with van der Waals surface area (Å²) in [7, 11) is 2.98. The predicted molar refractivity (Wildman–Crippen MR) is 101 cm³/mol. The molecule has 0 saturated carbocycles. The molecule has 1 aliphatic rings. The number of aliphatic imine (C=N–C) groups is 1. The molecule has 0 aliphatic carbocycles. The van der Waals surface area contributed by atoms with Crippen LogP contribution in [0.4, 0.5) is 0 Å². The van der Waals surface area contributed by atoms with Gasteiger partial charge in [0.15, 0.2) is 11.2 Å². The molecule has 10 nitrogen and oxygen atoms in total. The molecule has 2 N–H and O–H groups in total. The minimum absolute atomic E-state index is 0.0254. The van der Waals surface area contributed by atoms with Gasteiger partial charge in [-0.3, -0.25) is 18.9 Å². The van der Waals surface area contributed by atoms with Crippen molar-refractivity contribution >= 4 is 17.0 Å². The standard InChI is InChI=1S/C17H26N6O4/c1-20-15-14(16(26)21(2)17(20)27)23(11-19-15)10-12(25)9-22(7-8-24)13-5-3-4-6-18-13/h11-12,24-25H,3-10H2,1-2H3. The minimum atomic E-state index is -0.791. The molecule has 0 amide bonds. The quantitative estimate of drug-likeness (QED) is 0.643. The molecule has 3 rings (SSSR count). The Labute approximate surface area is 156 Å². The average Bonchev–Trinajstić information content (AvgIpc) is 3.08. The van der Waals surface area contributed by atoms with E-state index in [2.05, 4.69) is 9.98 Å². The van der Waals surface area contributed by atoms with Crippen LogP contribution >= 0.6 is 0 Å². The normalized spacial score (nSPS) is 15.8. The molecule has 148 valence electrons. The average molecular weight is 378 g/mol. The van der Waals surface area contributed by atoms with Gasteiger partial charge in [-0.1, -0.05) is 0 Å². The zero-order valence-electron chi connectivity index (χ0n) is 15.7. The van der Waals surface area contributed by atoms with Crippen LogP contribution in [0.3, 0.4) is 0 Å². The first-order chi connectivity index (χ1) is 12.9. The number of imidazole rings is 1. The van der Waals surface area contributed by atoms with Crippen LogP contribution in [-0.2, 0) is 20.6 Å². The van der Waals surface area contributed by atoms with Crippen molar-refractivity contribution < 1.29 is 10.2 Å². The Kier molecular flexibility index (Phi) is 5.76. The molecule has 0 fully saturated rings. The summed E-state index contributed by atoms with van der Waals surface area (Å²) in [5, 5.41) is 19.9. The maximum Gasteiger partial charge on any atom is 0.332 e. The zero-order valence-corrected chi connectivity index (χ0v) is 15.7. The van der Waals surface area contributed by atoms with Gasteiger partial charge >= 0.3 is 5.69 Å². The molecular formula is C17H26N6O4. The third-order valence-electron chi connectivity index (χ3n) is 4.89. The van der Waals surface area contributed by atoms with E-state index in [0.717, 1.165) is 36.2 Å². The van der Waals surface area contributed by atoms with Crippen molar-refractivity contribution in [1.29, 1.82) is 0 Å². The summed E-state index contributed by atoms with van der Waals surface area (Å²) in [6.45, 7) is 1.59. The largest absolute Gasteiger partial charge is 0.395 e. The van der Waals surface area contributed by atoms with Crippen LogP contribution in [0, 0.1) is 0 Å². The van der Waals surface area contributed by atoms with Gasteiger partial charge < -0.3 is 19.7 Å². The van der Waals surface area contributed by atoms with Crippen molar-refractivity contribution in [2.45, 2.75) is 31.9 Å². The van der Waals surface area contributed by atoms with E-state index in [-0.39, 0.29) is 18.7 Å². The Bertz CT molecular complexity index is 957. The molecule has 3 heterocycles. The second-order valence-corrected chi connectivity index (χ2v) is 6.85. The van der Waals surface area contributed by atoms with E-state index < -0.39 is 17.4 Å². The topological polar surface area (TPSA) is 118 Å². The van der Waals surface area contributed by atoms with Gasteiger partial charge in [0, 0.05) is 40.2 Å². The number of aliphatic hydroxyl groups is 2. The first-order valence-corrected chi connectivity index (χ1v) is 9.12. The van der Waals surface area contributed by atoms with E-state index in [1.54, 1.807) is 11.6 Å². The zero-order chi connectivity index (χ0) is 19.6. The molecule has 0 aromatic carbocycles. The highest BCUT2D eigenvalue weighted by molar-refractivity contribution is 5.82. The van der Waals surface area contributed by atoms with Crippen molar-refractivity contribution in [2.75, 3.05) is 26.2 Å². The lowest BCUT2D eigenvalue weighted by Gasteiger charge is -2.29. The highest BCUT2D eigenvalue weighted by atomic mass is 16.3. The Morgan fingerprint density at radius 1 is 1.26 bits per heavy atom. The van der Waals surface area contributed by atoms with E-state index in [4.69, 9.17) is 0 Å². The van der Waals surface area contributed by atoms with Gasteiger partial charge in [0.1, 0.15) is 0 Å². The number of nitrogens with zero attached hydrogens (tertiary/aromatic N) is 6. The summed E-state index contributed by atoms with van der Waals surface area (Å²) in [5.41, 5.74) is -0.314. The van der Waals surface area contributed by atoms with Gasteiger partial charge in [-0.15, -0.1) is 0 Å². The van der Waals surface area contributed by atoms with Crippen LogP contribution in [0.25, 0.3) is 11.2 Å². The number of fused-ring (bicyclic) bond motifs is 1. The smallest absolute Gasteiger partial charge is 0.332 e. The SMILES string of the molecule is Cn1c(=O)c2c(ncn2CC(O)CN(CCO)C2=NCCCC2)n(C)c1=O. The number of hydrogen-bond acceptors (Lipinski definition) is 7. The van der Waals surface area contributed by atoms with Crippen molar-refractivity contribution in [3.8, 4) is 0 Å². The third-order valence-corrected chi connectivity index (χ3v) is 4.89. The van der Waals surface area contributed by atoms with Crippen LogP contribution in [0.2, 0.25) is 0 Å². The molecule has 0 saturated heterocycles. The first kappa shape index (κ1) is 19.3. The molecule has 0 radical (unpaired) electrons. The van der Waals surface area contributed by atoms with Gasteiger partial charge in [-0.25, -0.2) is 9.78 Å². The molecule has 0 spiro atoms. The summed E-state index contributed by atoms with van der Waals surface area (Å²) in [4.78, 5) is 35.1. The fourth-order valence-corrected chi connectivity index (χ4v) is 3.46. The van der Waals surface area contributed by atoms with Gasteiger partial charge in [0.2, 0.25) is 0 Å². The van der Waals surface area contributed by atoms with Gasteiger partial charge in [-0.2, -0.15) is 0 Å². The summed E-state index contributed by atoms with van der Waals surface area (Å²) < 4.78 is 3.91. The van der Waals surface area contributed by atoms with E-state index in [1.165, 1.54) is 17.9 Å². The van der Waals surface area contributed by atoms with E-state index >= 15 is 0 Å². The van der Waals surface area contributed by atoms with Crippen molar-refractivity contribution in [2.24, 2.45) is 19.1 Å². The van der Waals surface area contributed by atoms with Crippen LogP contribution in [-0.4, -0.2) is 72.0 Å². The summed E-state index contributed by atoms with van der Waals surface area (Å²) in [6, 6.07) is 0. The molecule has 1 unspecified atom stereocenters. The number of aliphatic hydroxyl groups excluding tert-OH is 2. The first-order valence-electron chi connectivity index (χ1n) is 9.12. The van der Waals surface area contributed by atoms with Crippen LogP contribution in [0.5, 0.6) is 0 Å². The van der Waals surface area contributed by atoms with Gasteiger partial charge in [0.05, 0.1) is 31.4 Å². The van der Waals surface area contributed by atoms with Gasteiger partial charge in [-0.05, 0) is 12.8 Å². The Morgan fingerprint density at radius 3 is 2.70 bits per heavy atom. The number of aryl methyl sites for hydroxylation is 1. The number of aromatic nitrogens is 4. The van der Waals surface area contributed by atoms with Crippen molar-refractivity contribution in [3.63, 3.8) is 0 Å². The molecule has 27 heavy (non-hydrogen) atoms. The maximum atomic E-state index is 12.5. The van der Waals surface area contributed by atoms with E-state index in [1.807, 2.05) is 4.90 Å². The predicted octanol–water partition coefficient (Wildman–Crippen LogP) is -1.33. The maximum absolute atomic E-state index is 12.5. The monoisotopic (exact) mass is 378 g/mol. The minimum Gasteiger partial charge on any atom is -0.395 e. The third kappa shape index (κ3) is 3.81. The molecule has 10 heteroatoms.